The number of aryl methyl sites for hydroxylation is 2. The van der Waals surface area contributed by atoms with Gasteiger partial charge in [-0.1, -0.05) is 18.2 Å². The van der Waals surface area contributed by atoms with E-state index in [0.29, 0.717) is 18.9 Å². The third kappa shape index (κ3) is 5.13. The molecule has 0 atom stereocenters. The normalized spacial score (nSPS) is 11.6. The highest BCUT2D eigenvalue weighted by Gasteiger charge is 2.25. The summed E-state index contributed by atoms with van der Waals surface area (Å²) in [5, 5.41) is 3.18. The number of para-hydroxylation sites is 1. The first-order chi connectivity index (χ1) is 9.94. The van der Waals surface area contributed by atoms with Gasteiger partial charge in [-0.25, -0.2) is 4.98 Å². The Morgan fingerprint density at radius 1 is 1.14 bits per heavy atom. The first-order valence-corrected chi connectivity index (χ1v) is 6.87. The number of unbranched alkanes of at least 4 members (excludes halogenated alkanes) is 1. The van der Waals surface area contributed by atoms with Crippen molar-refractivity contribution in [1.29, 1.82) is 0 Å². The van der Waals surface area contributed by atoms with Crippen LogP contribution in [0.5, 0.6) is 0 Å². The number of rotatable bonds is 6. The predicted octanol–water partition coefficient (Wildman–Crippen LogP) is 4.67. The number of alkyl halides is 3. The molecule has 0 amide bonds. The average molecular weight is 297 g/mol. The molecule has 0 bridgehead atoms. The van der Waals surface area contributed by atoms with Gasteiger partial charge in [-0.05, 0) is 31.9 Å². The zero-order chi connectivity index (χ0) is 15.3. The lowest BCUT2D eigenvalue weighted by Crippen LogP contribution is -2.08. The minimum absolute atomic E-state index is 0.130. The van der Waals surface area contributed by atoms with Gasteiger partial charge >= 0.3 is 6.18 Å². The molecule has 1 heterocycles. The molecule has 0 aliphatic carbocycles. The van der Waals surface area contributed by atoms with Crippen molar-refractivity contribution < 1.29 is 13.2 Å². The Morgan fingerprint density at radius 2 is 1.86 bits per heavy atom. The average Bonchev–Trinajstić information content (AvgIpc) is 2.75. The second-order valence-corrected chi connectivity index (χ2v) is 4.96. The second-order valence-electron chi connectivity index (χ2n) is 4.96. The van der Waals surface area contributed by atoms with Crippen LogP contribution in [0.1, 0.15) is 25.0 Å². The third-order valence-corrected chi connectivity index (χ3v) is 3.04. The van der Waals surface area contributed by atoms with Crippen LogP contribution in [-0.4, -0.2) is 15.7 Å². The van der Waals surface area contributed by atoms with Crippen LogP contribution in [0.25, 0.3) is 0 Å². The van der Waals surface area contributed by atoms with Gasteiger partial charge in [-0.2, -0.15) is 13.2 Å². The quantitative estimate of drug-likeness (QED) is 0.785. The predicted molar refractivity (Wildman–Crippen MR) is 76.6 cm³/mol. The van der Waals surface area contributed by atoms with Crippen molar-refractivity contribution in [2.24, 2.45) is 0 Å². The Balaban J connectivity index is 1.94. The zero-order valence-corrected chi connectivity index (χ0v) is 11.8. The maximum absolute atomic E-state index is 12.1. The molecule has 1 aromatic heterocycles. The van der Waals surface area contributed by atoms with Crippen LogP contribution in [0.15, 0.2) is 36.5 Å². The van der Waals surface area contributed by atoms with E-state index >= 15 is 0 Å². The van der Waals surface area contributed by atoms with E-state index in [4.69, 9.17) is 0 Å². The Hall–Kier alpha value is -1.98. The Kier molecular flexibility index (Phi) is 4.88. The molecule has 1 aromatic carbocycles. The van der Waals surface area contributed by atoms with E-state index in [1.54, 1.807) is 0 Å². The molecule has 1 N–H and O–H groups in total. The van der Waals surface area contributed by atoms with Gasteiger partial charge in [0, 0.05) is 24.8 Å². The summed E-state index contributed by atoms with van der Waals surface area (Å²) in [4.78, 5) is 4.36. The smallest absolute Gasteiger partial charge is 0.326 e. The number of halogens is 3. The maximum Gasteiger partial charge on any atom is 0.389 e. The van der Waals surface area contributed by atoms with E-state index in [0.717, 1.165) is 11.4 Å². The van der Waals surface area contributed by atoms with E-state index in [9.17, 15) is 13.2 Å². The summed E-state index contributed by atoms with van der Waals surface area (Å²) >= 11 is 0. The lowest BCUT2D eigenvalue weighted by molar-refractivity contribution is -0.135. The summed E-state index contributed by atoms with van der Waals surface area (Å²) in [6, 6.07) is 9.56. The molecule has 0 saturated heterocycles. The fraction of sp³-hybridized carbons (Fsp3) is 0.400. The van der Waals surface area contributed by atoms with Gasteiger partial charge in [0.25, 0.3) is 0 Å². The summed E-state index contributed by atoms with van der Waals surface area (Å²) in [6.07, 6.45) is -2.36. The highest BCUT2D eigenvalue weighted by molar-refractivity contribution is 5.53. The lowest BCUT2D eigenvalue weighted by atomic mass is 10.2. The van der Waals surface area contributed by atoms with Gasteiger partial charge in [0.2, 0.25) is 5.95 Å². The molecule has 0 spiro atoms. The van der Waals surface area contributed by atoms with E-state index in [1.807, 2.05) is 48.0 Å². The van der Waals surface area contributed by atoms with Crippen LogP contribution in [-0.2, 0) is 6.54 Å². The summed E-state index contributed by atoms with van der Waals surface area (Å²) in [7, 11) is 0. The molecule has 114 valence electrons. The number of benzene rings is 1. The van der Waals surface area contributed by atoms with Crippen LogP contribution < -0.4 is 5.32 Å². The number of nitrogens with one attached hydrogen (secondary N) is 1. The number of anilines is 2. The van der Waals surface area contributed by atoms with Crippen molar-refractivity contribution in [3.05, 3.63) is 42.2 Å². The van der Waals surface area contributed by atoms with E-state index in [-0.39, 0.29) is 6.42 Å². The first kappa shape index (κ1) is 15.4. The van der Waals surface area contributed by atoms with Gasteiger partial charge in [-0.3, -0.25) is 0 Å². The molecule has 0 radical (unpaired) electrons. The van der Waals surface area contributed by atoms with Crippen LogP contribution in [0.3, 0.4) is 0 Å². The van der Waals surface area contributed by atoms with Crippen LogP contribution in [0, 0.1) is 6.92 Å². The fourth-order valence-corrected chi connectivity index (χ4v) is 2.08. The largest absolute Gasteiger partial charge is 0.389 e. The molecule has 2 aromatic rings. The van der Waals surface area contributed by atoms with Gasteiger partial charge in [0.05, 0.1) is 5.69 Å². The van der Waals surface area contributed by atoms with Crippen molar-refractivity contribution in [2.75, 3.05) is 5.32 Å². The molecule has 0 unspecified atom stereocenters. The Bertz CT molecular complexity index is 561. The van der Waals surface area contributed by atoms with Crippen LogP contribution in [0.2, 0.25) is 0 Å². The van der Waals surface area contributed by atoms with Crippen molar-refractivity contribution in [3.63, 3.8) is 0 Å². The lowest BCUT2D eigenvalue weighted by Gasteiger charge is -2.10. The molecule has 0 fully saturated rings. The SMILES string of the molecule is Cc1cn(CCCCC(F)(F)F)c(Nc2ccccc2)n1. The maximum atomic E-state index is 12.1. The number of imidazole rings is 1. The Labute approximate surface area is 121 Å². The van der Waals surface area contributed by atoms with Crippen LogP contribution >= 0.6 is 0 Å². The van der Waals surface area contributed by atoms with Gasteiger partial charge in [0.1, 0.15) is 0 Å². The standard InChI is InChI=1S/C15H18F3N3/c1-12-11-21(10-6-5-9-15(16,17)18)14(19-12)20-13-7-3-2-4-8-13/h2-4,7-8,11H,5-6,9-10H2,1H3,(H,19,20). The highest BCUT2D eigenvalue weighted by atomic mass is 19.4. The Morgan fingerprint density at radius 3 is 2.52 bits per heavy atom. The van der Waals surface area contributed by atoms with Gasteiger partial charge in [0.15, 0.2) is 0 Å². The molecular weight excluding hydrogens is 279 g/mol. The van der Waals surface area contributed by atoms with Crippen molar-refractivity contribution in [2.45, 2.75) is 38.9 Å². The van der Waals surface area contributed by atoms with Gasteiger partial charge < -0.3 is 9.88 Å². The monoisotopic (exact) mass is 297 g/mol. The van der Waals surface area contributed by atoms with Crippen LogP contribution in [0.4, 0.5) is 24.8 Å². The molecule has 3 nitrogen and oxygen atoms in total. The number of aromatic nitrogens is 2. The fourth-order valence-electron chi connectivity index (χ4n) is 2.08. The van der Waals surface area contributed by atoms with E-state index in [2.05, 4.69) is 10.3 Å². The number of nitrogens with zero attached hydrogens (tertiary/aromatic N) is 2. The van der Waals surface area contributed by atoms with Crippen molar-refractivity contribution in [3.8, 4) is 0 Å². The minimum atomic E-state index is -4.07. The second kappa shape index (κ2) is 6.65. The van der Waals surface area contributed by atoms with E-state index < -0.39 is 12.6 Å². The highest BCUT2D eigenvalue weighted by Crippen LogP contribution is 2.23. The number of hydrogen-bond acceptors (Lipinski definition) is 2. The summed E-state index contributed by atoms with van der Waals surface area (Å²) in [5.41, 5.74) is 1.74. The molecule has 2 rings (SSSR count). The molecule has 6 heteroatoms. The summed E-state index contributed by atoms with van der Waals surface area (Å²) in [6.45, 7) is 2.38. The molecule has 0 aliphatic heterocycles. The third-order valence-electron chi connectivity index (χ3n) is 3.04. The van der Waals surface area contributed by atoms with E-state index in [1.165, 1.54) is 0 Å². The van der Waals surface area contributed by atoms with Crippen molar-refractivity contribution in [1.82, 2.24) is 9.55 Å². The summed E-state index contributed by atoms with van der Waals surface area (Å²) < 4.78 is 38.2. The first-order valence-electron chi connectivity index (χ1n) is 6.87. The van der Waals surface area contributed by atoms with Crippen molar-refractivity contribution >= 4 is 11.6 Å². The topological polar surface area (TPSA) is 29.9 Å². The molecule has 0 saturated carbocycles. The molecule has 21 heavy (non-hydrogen) atoms. The summed E-state index contributed by atoms with van der Waals surface area (Å²) in [5.74, 6) is 0.658. The van der Waals surface area contributed by atoms with Gasteiger partial charge in [-0.15, -0.1) is 0 Å². The molecule has 0 aliphatic rings. The minimum Gasteiger partial charge on any atom is -0.326 e. The molecular formula is C15H18F3N3. The number of hydrogen-bond donors (Lipinski definition) is 1. The zero-order valence-electron chi connectivity index (χ0n) is 11.8.